The predicted octanol–water partition coefficient (Wildman–Crippen LogP) is 3.54. The average molecular weight is 352 g/mol. The second kappa shape index (κ2) is 7.00. The van der Waals surface area contributed by atoms with E-state index in [1.165, 1.54) is 11.1 Å². The molecule has 2 heterocycles. The molecule has 2 unspecified atom stereocenters. The normalized spacial score (nSPS) is 20.2. The van der Waals surface area contributed by atoms with Crippen LogP contribution in [0, 0.1) is 6.92 Å². The largest absolute Gasteiger partial charge is 0.454 e. The summed E-state index contributed by atoms with van der Waals surface area (Å²) in [5.41, 5.74) is 3.47. The van der Waals surface area contributed by atoms with Gasteiger partial charge in [-0.2, -0.15) is 0 Å². The predicted molar refractivity (Wildman–Crippen MR) is 101 cm³/mol. The van der Waals surface area contributed by atoms with Crippen LogP contribution >= 0.6 is 0 Å². The van der Waals surface area contributed by atoms with Crippen LogP contribution in [0.15, 0.2) is 42.5 Å². The van der Waals surface area contributed by atoms with Crippen LogP contribution in [-0.4, -0.2) is 36.7 Å². The van der Waals surface area contributed by atoms with Crippen molar-refractivity contribution in [1.82, 2.24) is 4.90 Å². The molecule has 1 amide bonds. The lowest BCUT2D eigenvalue weighted by molar-refractivity contribution is -0.120. The van der Waals surface area contributed by atoms with Crippen molar-refractivity contribution in [3.05, 3.63) is 53.6 Å². The van der Waals surface area contributed by atoms with Crippen molar-refractivity contribution in [2.24, 2.45) is 0 Å². The lowest BCUT2D eigenvalue weighted by Crippen LogP contribution is -2.40. The van der Waals surface area contributed by atoms with Gasteiger partial charge < -0.3 is 14.8 Å². The van der Waals surface area contributed by atoms with Gasteiger partial charge in [0.25, 0.3) is 0 Å². The maximum absolute atomic E-state index is 12.7. The summed E-state index contributed by atoms with van der Waals surface area (Å²) in [5.74, 6) is 1.90. The molecular formula is C21H24N2O3. The number of benzene rings is 2. The van der Waals surface area contributed by atoms with Crippen LogP contribution in [0.4, 0.5) is 5.69 Å². The van der Waals surface area contributed by atoms with E-state index in [4.69, 9.17) is 9.47 Å². The number of nitrogens with zero attached hydrogens (tertiary/aromatic N) is 1. The fourth-order valence-electron chi connectivity index (χ4n) is 3.82. The van der Waals surface area contributed by atoms with Gasteiger partial charge in [-0.25, -0.2) is 0 Å². The highest BCUT2D eigenvalue weighted by atomic mass is 16.7. The number of aryl methyl sites for hydroxylation is 1. The molecule has 0 aromatic heterocycles. The monoisotopic (exact) mass is 352 g/mol. The van der Waals surface area contributed by atoms with Gasteiger partial charge in [0.2, 0.25) is 12.7 Å². The first-order valence-corrected chi connectivity index (χ1v) is 9.12. The molecule has 4 rings (SSSR count). The van der Waals surface area contributed by atoms with Gasteiger partial charge >= 0.3 is 0 Å². The van der Waals surface area contributed by atoms with Crippen LogP contribution in [0.25, 0.3) is 0 Å². The van der Waals surface area contributed by atoms with E-state index in [1.807, 2.05) is 25.1 Å². The highest BCUT2D eigenvalue weighted by molar-refractivity contribution is 5.94. The molecular weight excluding hydrogens is 328 g/mol. The van der Waals surface area contributed by atoms with Gasteiger partial charge in [-0.05, 0) is 56.0 Å². The van der Waals surface area contributed by atoms with Crippen molar-refractivity contribution < 1.29 is 14.3 Å². The molecule has 5 heteroatoms. The van der Waals surface area contributed by atoms with E-state index < -0.39 is 0 Å². The minimum absolute atomic E-state index is 0.00861. The van der Waals surface area contributed by atoms with Crippen LogP contribution in [0.3, 0.4) is 0 Å². The van der Waals surface area contributed by atoms with Crippen LogP contribution < -0.4 is 14.8 Å². The molecule has 0 aliphatic carbocycles. The van der Waals surface area contributed by atoms with E-state index in [9.17, 15) is 4.79 Å². The Labute approximate surface area is 153 Å². The van der Waals surface area contributed by atoms with Gasteiger partial charge in [0, 0.05) is 18.3 Å². The summed E-state index contributed by atoms with van der Waals surface area (Å²) in [6.07, 6.45) is 1.09. The van der Waals surface area contributed by atoms with Crippen molar-refractivity contribution >= 4 is 11.6 Å². The van der Waals surface area contributed by atoms with Crippen molar-refractivity contribution in [2.75, 3.05) is 25.2 Å². The van der Waals surface area contributed by atoms with Crippen molar-refractivity contribution in [2.45, 2.75) is 32.2 Å². The van der Waals surface area contributed by atoms with Gasteiger partial charge in [-0.3, -0.25) is 9.69 Å². The molecule has 2 aliphatic heterocycles. The van der Waals surface area contributed by atoms with Gasteiger partial charge in [0.15, 0.2) is 11.5 Å². The van der Waals surface area contributed by atoms with Crippen LogP contribution in [-0.2, 0) is 4.79 Å². The maximum Gasteiger partial charge on any atom is 0.241 e. The zero-order valence-electron chi connectivity index (χ0n) is 15.2. The third-order valence-electron chi connectivity index (χ3n) is 5.42. The Bertz CT molecular complexity index is 821. The summed E-state index contributed by atoms with van der Waals surface area (Å²) in [6.45, 7) is 6.23. The van der Waals surface area contributed by atoms with E-state index in [0.29, 0.717) is 11.7 Å². The maximum atomic E-state index is 12.7. The molecule has 0 bridgehead atoms. The number of nitrogens with one attached hydrogen (secondary N) is 1. The third kappa shape index (κ3) is 3.27. The fraction of sp³-hybridized carbons (Fsp3) is 0.381. The number of carbonyl (C=O) groups excluding carboxylic acids is 1. The molecule has 2 aromatic carbocycles. The Balaban J connectivity index is 1.39. The van der Waals surface area contributed by atoms with Crippen LogP contribution in [0.5, 0.6) is 11.5 Å². The van der Waals surface area contributed by atoms with Crippen molar-refractivity contribution in [3.63, 3.8) is 0 Å². The van der Waals surface area contributed by atoms with Crippen LogP contribution in [0.1, 0.15) is 30.4 Å². The molecule has 2 aromatic rings. The minimum Gasteiger partial charge on any atom is -0.454 e. The lowest BCUT2D eigenvalue weighted by atomic mass is 9.94. The average Bonchev–Trinajstić information content (AvgIpc) is 3.30. The first-order valence-electron chi connectivity index (χ1n) is 9.12. The fourth-order valence-corrected chi connectivity index (χ4v) is 3.82. The first-order chi connectivity index (χ1) is 12.6. The topological polar surface area (TPSA) is 50.8 Å². The molecule has 1 N–H and O–H groups in total. The molecule has 136 valence electrons. The molecule has 5 nitrogen and oxygen atoms in total. The molecule has 2 atom stereocenters. The zero-order chi connectivity index (χ0) is 18.1. The summed E-state index contributed by atoms with van der Waals surface area (Å²) in [5, 5.41) is 3.00. The third-order valence-corrected chi connectivity index (χ3v) is 5.42. The van der Waals surface area contributed by atoms with E-state index in [2.05, 4.69) is 41.4 Å². The summed E-state index contributed by atoms with van der Waals surface area (Å²) in [4.78, 5) is 14.9. The van der Waals surface area contributed by atoms with Gasteiger partial charge in [-0.15, -0.1) is 0 Å². The smallest absolute Gasteiger partial charge is 0.241 e. The lowest BCUT2D eigenvalue weighted by Gasteiger charge is -2.24. The summed E-state index contributed by atoms with van der Waals surface area (Å²) >= 11 is 0. The minimum atomic E-state index is -0.172. The number of hydrogen-bond acceptors (Lipinski definition) is 4. The molecule has 1 fully saturated rings. The summed E-state index contributed by atoms with van der Waals surface area (Å²) in [6, 6.07) is 13.9. The summed E-state index contributed by atoms with van der Waals surface area (Å²) in [7, 11) is 0. The second-order valence-corrected chi connectivity index (χ2v) is 7.07. The van der Waals surface area contributed by atoms with Gasteiger partial charge in [-0.1, -0.05) is 24.3 Å². The van der Waals surface area contributed by atoms with E-state index in [1.54, 1.807) is 0 Å². The van der Waals surface area contributed by atoms with Gasteiger partial charge in [0.05, 0.1) is 6.04 Å². The number of carbonyl (C=O) groups is 1. The number of anilines is 1. The first kappa shape index (κ1) is 16.9. The van der Waals surface area contributed by atoms with Crippen molar-refractivity contribution in [3.8, 4) is 11.5 Å². The SMILES string of the molecule is Cc1ccccc1C1CCN(C(C)C(=O)Nc2ccc3c(c2)OCO3)C1. The molecule has 2 aliphatic rings. The second-order valence-electron chi connectivity index (χ2n) is 7.07. The van der Waals surface area contributed by atoms with Gasteiger partial charge in [0.1, 0.15) is 0 Å². The molecule has 0 spiro atoms. The zero-order valence-corrected chi connectivity index (χ0v) is 15.2. The van der Waals surface area contributed by atoms with Crippen LogP contribution in [0.2, 0.25) is 0 Å². The standard InChI is InChI=1S/C21H24N2O3/c1-14-5-3-4-6-18(14)16-9-10-23(12-16)15(2)21(24)22-17-7-8-19-20(11-17)26-13-25-19/h3-8,11,15-16H,9-10,12-13H2,1-2H3,(H,22,24). The van der Waals surface area contributed by atoms with E-state index in [0.717, 1.165) is 30.9 Å². The van der Waals surface area contributed by atoms with E-state index in [-0.39, 0.29) is 18.7 Å². The Morgan fingerprint density at radius 2 is 2.00 bits per heavy atom. The summed E-state index contributed by atoms with van der Waals surface area (Å²) < 4.78 is 10.7. The Morgan fingerprint density at radius 3 is 2.85 bits per heavy atom. The highest BCUT2D eigenvalue weighted by Crippen LogP contribution is 2.34. The molecule has 1 saturated heterocycles. The number of likely N-dealkylation sites (tertiary alicyclic amines) is 1. The Hall–Kier alpha value is -2.53. The number of fused-ring (bicyclic) bond motifs is 1. The van der Waals surface area contributed by atoms with E-state index >= 15 is 0 Å². The Morgan fingerprint density at radius 1 is 1.19 bits per heavy atom. The highest BCUT2D eigenvalue weighted by Gasteiger charge is 2.31. The number of ether oxygens (including phenoxy) is 2. The number of amides is 1. The quantitative estimate of drug-likeness (QED) is 0.914. The molecule has 0 radical (unpaired) electrons. The van der Waals surface area contributed by atoms with Crippen molar-refractivity contribution in [1.29, 1.82) is 0 Å². The molecule has 0 saturated carbocycles. The number of hydrogen-bond donors (Lipinski definition) is 1. The number of rotatable bonds is 4. The molecule has 26 heavy (non-hydrogen) atoms. The Kier molecular flexibility index (Phi) is 4.55.